The monoisotopic (exact) mass is 369 g/mol. The van der Waals surface area contributed by atoms with Gasteiger partial charge in [-0.15, -0.1) is 0 Å². The van der Waals surface area contributed by atoms with Gasteiger partial charge in [-0.05, 0) is 55.9 Å². The Morgan fingerprint density at radius 3 is 2.63 bits per heavy atom. The maximum absolute atomic E-state index is 12.7. The minimum absolute atomic E-state index is 0.120. The molecule has 146 valence electrons. The van der Waals surface area contributed by atoms with Gasteiger partial charge in [0, 0.05) is 25.6 Å². The van der Waals surface area contributed by atoms with Gasteiger partial charge in [0.1, 0.15) is 0 Å². The van der Waals surface area contributed by atoms with Crippen molar-refractivity contribution < 1.29 is 9.59 Å². The topological polar surface area (TPSA) is 61.4 Å². The predicted molar refractivity (Wildman–Crippen MR) is 105 cm³/mol. The van der Waals surface area contributed by atoms with E-state index in [9.17, 15) is 9.59 Å². The van der Waals surface area contributed by atoms with E-state index in [0.29, 0.717) is 18.9 Å². The lowest BCUT2D eigenvalue weighted by Gasteiger charge is -2.30. The fourth-order valence-electron chi connectivity index (χ4n) is 5.46. The fourth-order valence-corrected chi connectivity index (χ4v) is 5.46. The Labute approximate surface area is 161 Å². The molecule has 1 aliphatic heterocycles. The van der Waals surface area contributed by atoms with Crippen LogP contribution in [0, 0.1) is 17.8 Å². The Kier molecular flexibility index (Phi) is 5.37. The van der Waals surface area contributed by atoms with Crippen molar-refractivity contribution in [2.24, 2.45) is 17.8 Å². The van der Waals surface area contributed by atoms with Crippen molar-refractivity contribution in [2.45, 2.75) is 57.5 Å². The molecular weight excluding hydrogens is 338 g/mol. The van der Waals surface area contributed by atoms with Crippen molar-refractivity contribution >= 4 is 11.9 Å². The molecule has 5 heteroatoms. The summed E-state index contributed by atoms with van der Waals surface area (Å²) in [6, 6.07) is 9.86. The molecule has 2 bridgehead atoms. The first-order valence-electron chi connectivity index (χ1n) is 10.5. The zero-order chi connectivity index (χ0) is 18.8. The van der Waals surface area contributed by atoms with Gasteiger partial charge in [0.2, 0.25) is 5.91 Å². The molecule has 5 atom stereocenters. The lowest BCUT2D eigenvalue weighted by molar-refractivity contribution is -0.128. The number of carbonyl (C=O) groups is 2. The molecule has 1 aromatic rings. The highest BCUT2D eigenvalue weighted by atomic mass is 16.2. The van der Waals surface area contributed by atoms with Crippen LogP contribution in [-0.2, 0) is 4.79 Å². The minimum atomic E-state index is -0.180. The van der Waals surface area contributed by atoms with Gasteiger partial charge in [0.15, 0.2) is 0 Å². The van der Waals surface area contributed by atoms with E-state index in [4.69, 9.17) is 0 Å². The zero-order valence-electron chi connectivity index (χ0n) is 16.2. The third kappa shape index (κ3) is 4.12. The van der Waals surface area contributed by atoms with Crippen LogP contribution in [0.15, 0.2) is 30.3 Å². The van der Waals surface area contributed by atoms with E-state index >= 15 is 0 Å². The maximum Gasteiger partial charge on any atom is 0.315 e. The summed E-state index contributed by atoms with van der Waals surface area (Å²) < 4.78 is 0. The molecule has 3 aliphatic rings. The van der Waals surface area contributed by atoms with Crippen molar-refractivity contribution in [3.63, 3.8) is 0 Å². The van der Waals surface area contributed by atoms with Crippen LogP contribution in [0.1, 0.15) is 57.1 Å². The van der Waals surface area contributed by atoms with Crippen LogP contribution in [0.3, 0.4) is 0 Å². The number of amides is 3. The summed E-state index contributed by atoms with van der Waals surface area (Å²) in [7, 11) is 0. The fraction of sp³-hybridized carbons (Fsp3) is 0.636. The number of rotatable bonds is 6. The average molecular weight is 370 g/mol. The van der Waals surface area contributed by atoms with Gasteiger partial charge < -0.3 is 15.5 Å². The Hall–Kier alpha value is -2.04. The number of nitrogens with one attached hydrogen (secondary N) is 2. The van der Waals surface area contributed by atoms with Crippen LogP contribution in [0.5, 0.6) is 0 Å². The number of hydrogen-bond donors (Lipinski definition) is 2. The molecule has 4 rings (SSSR count). The first kappa shape index (κ1) is 18.3. The molecule has 2 N–H and O–H groups in total. The maximum atomic E-state index is 12.7. The molecule has 1 saturated heterocycles. The van der Waals surface area contributed by atoms with Crippen molar-refractivity contribution in [1.29, 1.82) is 0 Å². The van der Waals surface area contributed by atoms with Gasteiger partial charge >= 0.3 is 6.03 Å². The Morgan fingerprint density at radius 2 is 2.00 bits per heavy atom. The van der Waals surface area contributed by atoms with Gasteiger partial charge in [-0.1, -0.05) is 36.8 Å². The quantitative estimate of drug-likeness (QED) is 0.806. The van der Waals surface area contributed by atoms with Crippen molar-refractivity contribution in [1.82, 2.24) is 15.5 Å². The van der Waals surface area contributed by atoms with Crippen LogP contribution in [-0.4, -0.2) is 36.0 Å². The van der Waals surface area contributed by atoms with Crippen LogP contribution in [0.4, 0.5) is 4.79 Å². The number of urea groups is 1. The summed E-state index contributed by atoms with van der Waals surface area (Å²) in [6.07, 6.45) is 6.84. The number of nitrogens with zero attached hydrogens (tertiary/aromatic N) is 1. The van der Waals surface area contributed by atoms with E-state index in [1.165, 1.54) is 25.7 Å². The third-order valence-corrected chi connectivity index (χ3v) is 6.88. The third-order valence-electron chi connectivity index (χ3n) is 6.88. The SMILES string of the molecule is C[C@H](NC(=O)N[C@@H](CN1CCCC1=O)c1ccccc1)[C@H]1C[C@H]2CC[C@H]1C2. The summed E-state index contributed by atoms with van der Waals surface area (Å²) in [5, 5.41) is 6.32. The first-order chi connectivity index (χ1) is 13.1. The molecule has 27 heavy (non-hydrogen) atoms. The van der Waals surface area contributed by atoms with Gasteiger partial charge in [0.25, 0.3) is 0 Å². The number of fused-ring (bicyclic) bond motifs is 2. The first-order valence-corrected chi connectivity index (χ1v) is 10.5. The highest BCUT2D eigenvalue weighted by Gasteiger charge is 2.42. The van der Waals surface area contributed by atoms with Crippen LogP contribution >= 0.6 is 0 Å². The molecule has 0 spiro atoms. The molecule has 1 heterocycles. The van der Waals surface area contributed by atoms with E-state index in [2.05, 4.69) is 17.6 Å². The number of benzene rings is 1. The standard InChI is InChI=1S/C22H31N3O2/c1-15(19-13-16-9-10-18(19)12-16)23-22(27)24-20(17-6-3-2-4-7-17)14-25-11-5-8-21(25)26/h2-4,6-7,15-16,18-20H,5,8-14H2,1H3,(H2,23,24,27)/t15-,16-,18-,19+,20-/m0/s1. The lowest BCUT2D eigenvalue weighted by atomic mass is 9.84. The molecule has 2 aliphatic carbocycles. The van der Waals surface area contributed by atoms with E-state index in [1.807, 2.05) is 35.2 Å². The summed E-state index contributed by atoms with van der Waals surface area (Å²) in [5.74, 6) is 2.47. The smallest absolute Gasteiger partial charge is 0.315 e. The molecule has 5 nitrogen and oxygen atoms in total. The van der Waals surface area contributed by atoms with E-state index in [1.54, 1.807) is 0 Å². The van der Waals surface area contributed by atoms with Crippen LogP contribution < -0.4 is 10.6 Å². The second kappa shape index (κ2) is 7.91. The molecule has 3 fully saturated rings. The molecule has 0 radical (unpaired) electrons. The molecule has 1 aromatic carbocycles. The van der Waals surface area contributed by atoms with E-state index in [0.717, 1.165) is 30.4 Å². The highest BCUT2D eigenvalue weighted by Crippen LogP contribution is 2.49. The van der Waals surface area contributed by atoms with Crippen molar-refractivity contribution in [3.05, 3.63) is 35.9 Å². The second-order valence-corrected chi connectivity index (χ2v) is 8.65. The van der Waals surface area contributed by atoms with Gasteiger partial charge in [-0.3, -0.25) is 4.79 Å². The molecule has 0 aromatic heterocycles. The molecule has 3 amide bonds. The summed E-state index contributed by atoms with van der Waals surface area (Å²) in [6.45, 7) is 3.47. The Balaban J connectivity index is 1.38. The highest BCUT2D eigenvalue weighted by molar-refractivity contribution is 5.78. The Morgan fingerprint density at radius 1 is 1.19 bits per heavy atom. The zero-order valence-corrected chi connectivity index (χ0v) is 16.2. The largest absolute Gasteiger partial charge is 0.340 e. The lowest BCUT2D eigenvalue weighted by Crippen LogP contribution is -2.48. The molecule has 2 saturated carbocycles. The molecular formula is C22H31N3O2. The van der Waals surface area contributed by atoms with Crippen molar-refractivity contribution in [2.75, 3.05) is 13.1 Å². The summed E-state index contributed by atoms with van der Waals surface area (Å²) in [5.41, 5.74) is 1.04. The normalized spacial score (nSPS) is 29.0. The number of likely N-dealkylation sites (tertiary alicyclic amines) is 1. The van der Waals surface area contributed by atoms with Crippen LogP contribution in [0.2, 0.25) is 0 Å². The number of carbonyl (C=O) groups excluding carboxylic acids is 2. The summed E-state index contributed by atoms with van der Waals surface area (Å²) in [4.78, 5) is 26.7. The Bertz CT molecular complexity index is 677. The van der Waals surface area contributed by atoms with Gasteiger partial charge in [0.05, 0.1) is 6.04 Å². The van der Waals surface area contributed by atoms with Gasteiger partial charge in [-0.2, -0.15) is 0 Å². The summed E-state index contributed by atoms with van der Waals surface area (Å²) >= 11 is 0. The second-order valence-electron chi connectivity index (χ2n) is 8.65. The minimum Gasteiger partial charge on any atom is -0.340 e. The van der Waals surface area contributed by atoms with E-state index < -0.39 is 0 Å². The predicted octanol–water partition coefficient (Wildman–Crippen LogP) is 3.47. The average Bonchev–Trinajstić information content (AvgIpc) is 3.39. The van der Waals surface area contributed by atoms with Crippen molar-refractivity contribution in [3.8, 4) is 0 Å². The van der Waals surface area contributed by atoms with E-state index in [-0.39, 0.29) is 24.0 Å². The molecule has 0 unspecified atom stereocenters. The van der Waals surface area contributed by atoms with Crippen LogP contribution in [0.25, 0.3) is 0 Å². The number of hydrogen-bond acceptors (Lipinski definition) is 2. The van der Waals surface area contributed by atoms with Gasteiger partial charge in [-0.25, -0.2) is 4.79 Å².